The third kappa shape index (κ3) is 7.13. The number of ether oxygens (including phenoxy) is 1. The molecule has 0 bridgehead atoms. The molecule has 1 fully saturated rings. The van der Waals surface area contributed by atoms with E-state index in [4.69, 9.17) is 4.74 Å². The summed E-state index contributed by atoms with van der Waals surface area (Å²) in [4.78, 5) is 13.8. The van der Waals surface area contributed by atoms with Crippen molar-refractivity contribution in [3.63, 3.8) is 0 Å². The number of aliphatic hydroxyl groups is 1. The molecular formula is C24H32N2O5S. The predicted octanol–water partition coefficient (Wildman–Crippen LogP) is 2.63. The largest absolute Gasteiger partial charge is 0.491 e. The topological polar surface area (TPSA) is 95.9 Å². The maximum absolute atomic E-state index is 12.5. The second kappa shape index (κ2) is 11.0. The van der Waals surface area contributed by atoms with E-state index in [1.165, 1.54) is 6.92 Å². The minimum atomic E-state index is -3.52. The van der Waals surface area contributed by atoms with E-state index in [9.17, 15) is 18.3 Å². The smallest absolute Gasteiger partial charge is 0.240 e. The number of Topliss-reactive ketones (excluding diaryl/α,β-unsaturated/α-hetero) is 1. The maximum Gasteiger partial charge on any atom is 0.240 e. The predicted molar refractivity (Wildman–Crippen MR) is 123 cm³/mol. The first-order valence-electron chi connectivity index (χ1n) is 10.9. The van der Waals surface area contributed by atoms with Gasteiger partial charge < -0.3 is 14.7 Å². The molecule has 0 aliphatic carbocycles. The molecule has 0 saturated carbocycles. The van der Waals surface area contributed by atoms with Crippen molar-refractivity contribution >= 4 is 15.8 Å². The number of piperidine rings is 1. The van der Waals surface area contributed by atoms with Crippen LogP contribution >= 0.6 is 0 Å². The number of β-amino-alcohol motifs (C(OH)–C–C–N with tert-alkyl or cyclic N) is 1. The van der Waals surface area contributed by atoms with Gasteiger partial charge in [0.25, 0.3) is 0 Å². The third-order valence-corrected chi connectivity index (χ3v) is 7.11. The number of sulfonamides is 1. The summed E-state index contributed by atoms with van der Waals surface area (Å²) in [5.41, 5.74) is 1.64. The van der Waals surface area contributed by atoms with E-state index < -0.39 is 16.1 Å². The summed E-state index contributed by atoms with van der Waals surface area (Å²) in [6.07, 6.45) is 1.24. The molecule has 1 saturated heterocycles. The van der Waals surface area contributed by atoms with Gasteiger partial charge in [-0.2, -0.15) is 0 Å². The van der Waals surface area contributed by atoms with Crippen LogP contribution in [-0.2, 0) is 10.0 Å². The van der Waals surface area contributed by atoms with Gasteiger partial charge in [-0.05, 0) is 75.5 Å². The van der Waals surface area contributed by atoms with Crippen molar-refractivity contribution in [3.05, 3.63) is 59.7 Å². The van der Waals surface area contributed by atoms with E-state index in [-0.39, 0.29) is 23.2 Å². The molecule has 0 aromatic heterocycles. The summed E-state index contributed by atoms with van der Waals surface area (Å²) in [5.74, 6) is 0.796. The molecule has 2 atom stereocenters. The van der Waals surface area contributed by atoms with Crippen LogP contribution < -0.4 is 9.46 Å². The monoisotopic (exact) mass is 460 g/mol. The second-order valence-corrected chi connectivity index (χ2v) is 10.2. The van der Waals surface area contributed by atoms with Crippen molar-refractivity contribution in [1.29, 1.82) is 0 Å². The van der Waals surface area contributed by atoms with E-state index in [0.29, 0.717) is 24.4 Å². The number of aliphatic hydroxyl groups excluding tert-OH is 1. The molecule has 0 amide bonds. The lowest BCUT2D eigenvalue weighted by Crippen LogP contribution is -2.44. The van der Waals surface area contributed by atoms with Gasteiger partial charge in [0.15, 0.2) is 5.78 Å². The van der Waals surface area contributed by atoms with Crippen molar-refractivity contribution in [3.8, 4) is 5.75 Å². The number of carbonyl (C=O) groups excluding carboxylic acids is 1. The molecule has 7 nitrogen and oxygen atoms in total. The zero-order chi connectivity index (χ0) is 23.1. The van der Waals surface area contributed by atoms with Crippen LogP contribution in [-0.4, -0.2) is 63.1 Å². The van der Waals surface area contributed by atoms with E-state index in [1.54, 1.807) is 48.5 Å². The fourth-order valence-electron chi connectivity index (χ4n) is 3.84. The molecule has 0 spiro atoms. The number of nitrogens with zero attached hydrogens (tertiary/aromatic N) is 1. The van der Waals surface area contributed by atoms with Gasteiger partial charge >= 0.3 is 0 Å². The molecule has 8 heteroatoms. The van der Waals surface area contributed by atoms with Crippen LogP contribution in [0.1, 0.15) is 35.7 Å². The number of ketones is 1. The van der Waals surface area contributed by atoms with Gasteiger partial charge in [-0.3, -0.25) is 4.79 Å². The Morgan fingerprint density at radius 3 is 2.53 bits per heavy atom. The number of likely N-dealkylation sites (tertiary alicyclic amines) is 1. The summed E-state index contributed by atoms with van der Waals surface area (Å²) >= 11 is 0. The van der Waals surface area contributed by atoms with E-state index in [0.717, 1.165) is 31.5 Å². The number of hydrogen-bond donors (Lipinski definition) is 2. The Kier molecular flexibility index (Phi) is 8.42. The summed E-state index contributed by atoms with van der Waals surface area (Å²) < 4.78 is 33.4. The molecular weight excluding hydrogens is 428 g/mol. The maximum atomic E-state index is 12.5. The third-order valence-electron chi connectivity index (χ3n) is 5.67. The van der Waals surface area contributed by atoms with Crippen molar-refractivity contribution in [2.45, 2.75) is 37.7 Å². The number of benzene rings is 2. The van der Waals surface area contributed by atoms with Crippen molar-refractivity contribution in [1.82, 2.24) is 9.62 Å². The minimum absolute atomic E-state index is 0.00241. The number of aryl methyl sites for hydroxylation is 1. The van der Waals surface area contributed by atoms with Gasteiger partial charge in [-0.1, -0.05) is 17.7 Å². The Hall–Kier alpha value is -2.26. The molecule has 2 aromatic carbocycles. The van der Waals surface area contributed by atoms with Crippen LogP contribution in [0.15, 0.2) is 53.4 Å². The minimum Gasteiger partial charge on any atom is -0.491 e. The first kappa shape index (κ1) is 24.4. The number of hydrogen-bond acceptors (Lipinski definition) is 6. The SMILES string of the molecule is CC(=O)c1ccc(OCC(O)CN2CCCC(CNS(=O)(=O)c3ccc(C)cc3)C2)cc1. The van der Waals surface area contributed by atoms with Gasteiger partial charge in [-0.25, -0.2) is 13.1 Å². The normalized spacial score (nSPS) is 18.3. The average molecular weight is 461 g/mol. The molecule has 2 aromatic rings. The van der Waals surface area contributed by atoms with E-state index >= 15 is 0 Å². The lowest BCUT2D eigenvalue weighted by atomic mass is 9.98. The Balaban J connectivity index is 1.43. The molecule has 174 valence electrons. The van der Waals surface area contributed by atoms with Crippen LogP contribution in [0.2, 0.25) is 0 Å². The lowest BCUT2D eigenvalue weighted by Gasteiger charge is -2.34. The highest BCUT2D eigenvalue weighted by atomic mass is 32.2. The Morgan fingerprint density at radius 1 is 1.19 bits per heavy atom. The summed E-state index contributed by atoms with van der Waals surface area (Å²) in [6, 6.07) is 13.7. The first-order chi connectivity index (χ1) is 15.2. The average Bonchev–Trinajstić information content (AvgIpc) is 2.77. The van der Waals surface area contributed by atoms with Gasteiger partial charge in [-0.15, -0.1) is 0 Å². The molecule has 32 heavy (non-hydrogen) atoms. The van der Waals surface area contributed by atoms with Gasteiger partial charge in [0, 0.05) is 25.2 Å². The molecule has 1 aliphatic heterocycles. The highest BCUT2D eigenvalue weighted by molar-refractivity contribution is 7.89. The van der Waals surface area contributed by atoms with Gasteiger partial charge in [0.2, 0.25) is 10.0 Å². The van der Waals surface area contributed by atoms with Crippen LogP contribution in [0.3, 0.4) is 0 Å². The summed E-state index contributed by atoms with van der Waals surface area (Å²) in [6.45, 7) is 6.02. The van der Waals surface area contributed by atoms with Crippen LogP contribution in [0, 0.1) is 12.8 Å². The van der Waals surface area contributed by atoms with E-state index in [1.807, 2.05) is 6.92 Å². The van der Waals surface area contributed by atoms with E-state index in [2.05, 4.69) is 9.62 Å². The number of nitrogens with one attached hydrogen (secondary N) is 1. The van der Waals surface area contributed by atoms with Crippen LogP contribution in [0.25, 0.3) is 0 Å². The molecule has 0 radical (unpaired) electrons. The molecule has 2 unspecified atom stereocenters. The molecule has 3 rings (SSSR count). The van der Waals surface area contributed by atoms with Crippen molar-refractivity contribution in [2.75, 3.05) is 32.8 Å². The van der Waals surface area contributed by atoms with Crippen molar-refractivity contribution in [2.24, 2.45) is 5.92 Å². The fraction of sp³-hybridized carbons (Fsp3) is 0.458. The Bertz CT molecular complexity index is 990. The van der Waals surface area contributed by atoms with Gasteiger partial charge in [0.1, 0.15) is 18.5 Å². The zero-order valence-corrected chi connectivity index (χ0v) is 19.5. The number of carbonyl (C=O) groups is 1. The van der Waals surface area contributed by atoms with Crippen LogP contribution in [0.5, 0.6) is 5.75 Å². The fourth-order valence-corrected chi connectivity index (χ4v) is 4.96. The quantitative estimate of drug-likeness (QED) is 0.529. The van der Waals surface area contributed by atoms with Crippen LogP contribution in [0.4, 0.5) is 0 Å². The molecule has 1 aliphatic rings. The molecule has 1 heterocycles. The molecule has 2 N–H and O–H groups in total. The van der Waals surface area contributed by atoms with Gasteiger partial charge in [0.05, 0.1) is 4.90 Å². The highest BCUT2D eigenvalue weighted by Crippen LogP contribution is 2.18. The second-order valence-electron chi connectivity index (χ2n) is 8.48. The summed E-state index contributed by atoms with van der Waals surface area (Å²) in [5, 5.41) is 10.4. The highest BCUT2D eigenvalue weighted by Gasteiger charge is 2.24. The lowest BCUT2D eigenvalue weighted by molar-refractivity contribution is 0.0524. The first-order valence-corrected chi connectivity index (χ1v) is 12.4. The zero-order valence-electron chi connectivity index (χ0n) is 18.7. The number of rotatable bonds is 10. The van der Waals surface area contributed by atoms with Crippen molar-refractivity contribution < 1.29 is 23.1 Å². The Labute approximate surface area is 190 Å². The summed E-state index contributed by atoms with van der Waals surface area (Å²) in [7, 11) is -3.52. The Morgan fingerprint density at radius 2 is 1.88 bits per heavy atom. The standard InChI is InChI=1S/C24H32N2O5S/c1-18-5-11-24(12-6-18)32(29,30)25-14-20-4-3-13-26(15-20)16-22(28)17-31-23-9-7-21(8-10-23)19(2)27/h5-12,20,22,25,28H,3-4,13-17H2,1-2H3.